The molecular weight excluding hydrogens is 353 g/mol. The molecule has 2 rings (SSSR count). The van der Waals surface area contributed by atoms with E-state index in [0.29, 0.717) is 29.4 Å². The molecule has 1 aliphatic heterocycles. The predicted molar refractivity (Wildman–Crippen MR) is 76.2 cm³/mol. The average molecular weight is 369 g/mol. The standard InChI is InChI=1S/C12H16BrF3N4O/c1-7(17)8-2-3-19(5-8)9-4-18-20(6-12(14,15)16)11(21)10(9)13/h4,7-8H,2-3,5-6,17H2,1H3. The number of nitrogens with two attached hydrogens (primary N) is 1. The van der Waals surface area contributed by atoms with Crippen molar-refractivity contribution in [3.8, 4) is 0 Å². The molecule has 118 valence electrons. The van der Waals surface area contributed by atoms with E-state index in [1.54, 1.807) is 0 Å². The lowest BCUT2D eigenvalue weighted by molar-refractivity contribution is -0.143. The van der Waals surface area contributed by atoms with Gasteiger partial charge in [0.1, 0.15) is 11.0 Å². The predicted octanol–water partition coefficient (Wildman–Crippen LogP) is 1.74. The van der Waals surface area contributed by atoms with Crippen LogP contribution in [0.1, 0.15) is 13.3 Å². The van der Waals surface area contributed by atoms with Crippen molar-refractivity contribution in [1.82, 2.24) is 9.78 Å². The SMILES string of the molecule is CC(N)C1CCN(c2cnn(CC(F)(F)F)c(=O)c2Br)C1. The highest BCUT2D eigenvalue weighted by molar-refractivity contribution is 9.10. The molecule has 9 heteroatoms. The lowest BCUT2D eigenvalue weighted by atomic mass is 10.0. The summed E-state index contributed by atoms with van der Waals surface area (Å²) < 4.78 is 37.6. The van der Waals surface area contributed by atoms with Crippen LogP contribution < -0.4 is 16.2 Å². The van der Waals surface area contributed by atoms with Gasteiger partial charge in [-0.3, -0.25) is 4.79 Å². The van der Waals surface area contributed by atoms with Crippen LogP contribution in [0.5, 0.6) is 0 Å². The minimum absolute atomic E-state index is 0.0346. The zero-order chi connectivity index (χ0) is 15.8. The first-order valence-corrected chi connectivity index (χ1v) is 7.31. The zero-order valence-electron chi connectivity index (χ0n) is 11.4. The number of halogens is 4. The van der Waals surface area contributed by atoms with Gasteiger partial charge in [-0.05, 0) is 35.2 Å². The van der Waals surface area contributed by atoms with Crippen LogP contribution in [0.15, 0.2) is 15.5 Å². The van der Waals surface area contributed by atoms with Gasteiger partial charge >= 0.3 is 6.18 Å². The Morgan fingerprint density at radius 1 is 1.57 bits per heavy atom. The van der Waals surface area contributed by atoms with Gasteiger partial charge in [0.2, 0.25) is 0 Å². The molecule has 21 heavy (non-hydrogen) atoms. The second-order valence-corrected chi connectivity index (χ2v) is 6.07. The lowest BCUT2D eigenvalue weighted by Crippen LogP contribution is -2.33. The Balaban J connectivity index is 2.24. The van der Waals surface area contributed by atoms with Crippen molar-refractivity contribution in [2.24, 2.45) is 11.7 Å². The Bertz CT molecular complexity index is 573. The summed E-state index contributed by atoms with van der Waals surface area (Å²) in [5, 5.41) is 3.62. The van der Waals surface area contributed by atoms with Crippen molar-refractivity contribution in [3.05, 3.63) is 21.0 Å². The molecule has 1 fully saturated rings. The smallest absolute Gasteiger partial charge is 0.369 e. The van der Waals surface area contributed by atoms with Crippen LogP contribution in [-0.2, 0) is 6.54 Å². The van der Waals surface area contributed by atoms with Crippen LogP contribution >= 0.6 is 15.9 Å². The molecule has 0 aromatic carbocycles. The molecule has 2 unspecified atom stereocenters. The van der Waals surface area contributed by atoms with Gasteiger partial charge in [-0.2, -0.15) is 18.3 Å². The fourth-order valence-corrected chi connectivity index (χ4v) is 2.95. The van der Waals surface area contributed by atoms with Crippen LogP contribution in [0.4, 0.5) is 18.9 Å². The maximum atomic E-state index is 12.4. The molecule has 1 aromatic rings. The van der Waals surface area contributed by atoms with Gasteiger partial charge in [-0.15, -0.1) is 0 Å². The first-order valence-electron chi connectivity index (χ1n) is 6.52. The molecule has 0 spiro atoms. The topological polar surface area (TPSA) is 64.2 Å². The second-order valence-electron chi connectivity index (χ2n) is 5.28. The number of aromatic nitrogens is 2. The normalized spacial score (nSPS) is 20.9. The fourth-order valence-electron chi connectivity index (χ4n) is 2.39. The van der Waals surface area contributed by atoms with E-state index in [2.05, 4.69) is 21.0 Å². The van der Waals surface area contributed by atoms with Crippen molar-refractivity contribution in [2.45, 2.75) is 32.1 Å². The Hall–Kier alpha value is -1.09. The zero-order valence-corrected chi connectivity index (χ0v) is 13.0. The molecule has 1 saturated heterocycles. The highest BCUT2D eigenvalue weighted by atomic mass is 79.9. The molecule has 2 atom stereocenters. The first-order chi connectivity index (χ1) is 9.69. The summed E-state index contributed by atoms with van der Waals surface area (Å²) >= 11 is 3.09. The molecule has 0 amide bonds. The van der Waals surface area contributed by atoms with E-state index in [-0.39, 0.29) is 10.5 Å². The van der Waals surface area contributed by atoms with E-state index < -0.39 is 18.3 Å². The third-order valence-electron chi connectivity index (χ3n) is 3.60. The minimum Gasteiger partial charge on any atom is -0.369 e. The largest absolute Gasteiger partial charge is 0.408 e. The average Bonchev–Trinajstić information content (AvgIpc) is 2.83. The highest BCUT2D eigenvalue weighted by Crippen LogP contribution is 2.29. The van der Waals surface area contributed by atoms with Crippen molar-refractivity contribution >= 4 is 21.6 Å². The van der Waals surface area contributed by atoms with Gasteiger partial charge in [0, 0.05) is 19.1 Å². The van der Waals surface area contributed by atoms with Gasteiger partial charge < -0.3 is 10.6 Å². The Kier molecular flexibility index (Phi) is 4.62. The number of nitrogens with zero attached hydrogens (tertiary/aromatic N) is 3. The van der Waals surface area contributed by atoms with Crippen molar-refractivity contribution in [3.63, 3.8) is 0 Å². The van der Waals surface area contributed by atoms with Crippen LogP contribution in [0.2, 0.25) is 0 Å². The van der Waals surface area contributed by atoms with Crippen LogP contribution in [0.3, 0.4) is 0 Å². The van der Waals surface area contributed by atoms with Crippen LogP contribution in [-0.4, -0.2) is 35.1 Å². The molecule has 1 aromatic heterocycles. The Morgan fingerprint density at radius 3 is 2.76 bits per heavy atom. The Morgan fingerprint density at radius 2 is 2.24 bits per heavy atom. The third kappa shape index (κ3) is 3.76. The number of rotatable bonds is 3. The quantitative estimate of drug-likeness (QED) is 0.882. The molecule has 0 saturated carbocycles. The summed E-state index contributed by atoms with van der Waals surface area (Å²) in [6.45, 7) is 1.89. The molecule has 2 N–H and O–H groups in total. The summed E-state index contributed by atoms with van der Waals surface area (Å²) in [5.74, 6) is 0.300. The minimum atomic E-state index is -4.48. The summed E-state index contributed by atoms with van der Waals surface area (Å²) in [5.41, 5.74) is 5.59. The van der Waals surface area contributed by atoms with E-state index in [1.807, 2.05) is 11.8 Å². The Labute approximate surface area is 128 Å². The molecular formula is C12H16BrF3N4O. The number of hydrogen-bond donors (Lipinski definition) is 1. The van der Waals surface area contributed by atoms with E-state index in [1.165, 1.54) is 6.20 Å². The first kappa shape index (κ1) is 16.3. The van der Waals surface area contributed by atoms with Gasteiger partial charge in [0.25, 0.3) is 5.56 Å². The summed E-state index contributed by atoms with van der Waals surface area (Å²) in [6, 6.07) is 0.0346. The van der Waals surface area contributed by atoms with Crippen molar-refractivity contribution in [1.29, 1.82) is 0 Å². The molecule has 1 aliphatic rings. The summed E-state index contributed by atoms with van der Waals surface area (Å²) in [6.07, 6.45) is -2.30. The lowest BCUT2D eigenvalue weighted by Gasteiger charge is -2.21. The number of hydrogen-bond acceptors (Lipinski definition) is 4. The van der Waals surface area contributed by atoms with Crippen LogP contribution in [0, 0.1) is 5.92 Å². The summed E-state index contributed by atoms with van der Waals surface area (Å²) in [4.78, 5) is 13.9. The fraction of sp³-hybridized carbons (Fsp3) is 0.667. The second kappa shape index (κ2) is 5.96. The van der Waals surface area contributed by atoms with Crippen molar-refractivity contribution < 1.29 is 13.2 Å². The van der Waals surface area contributed by atoms with Crippen LogP contribution in [0.25, 0.3) is 0 Å². The molecule has 0 bridgehead atoms. The van der Waals surface area contributed by atoms with Gasteiger partial charge in [0.05, 0.1) is 11.9 Å². The third-order valence-corrected chi connectivity index (χ3v) is 4.35. The van der Waals surface area contributed by atoms with E-state index in [4.69, 9.17) is 5.73 Å². The molecule has 0 aliphatic carbocycles. The maximum absolute atomic E-state index is 12.4. The summed E-state index contributed by atoms with van der Waals surface area (Å²) in [7, 11) is 0. The van der Waals surface area contributed by atoms with E-state index >= 15 is 0 Å². The monoisotopic (exact) mass is 368 g/mol. The number of anilines is 1. The van der Waals surface area contributed by atoms with E-state index in [9.17, 15) is 18.0 Å². The van der Waals surface area contributed by atoms with Gasteiger partial charge in [-0.25, -0.2) is 4.68 Å². The maximum Gasteiger partial charge on any atom is 0.408 e. The molecule has 5 nitrogen and oxygen atoms in total. The van der Waals surface area contributed by atoms with Gasteiger partial charge in [0.15, 0.2) is 0 Å². The highest BCUT2D eigenvalue weighted by Gasteiger charge is 2.31. The molecule has 2 heterocycles. The van der Waals surface area contributed by atoms with E-state index in [0.717, 1.165) is 6.42 Å². The van der Waals surface area contributed by atoms with Gasteiger partial charge in [-0.1, -0.05) is 0 Å². The molecule has 0 radical (unpaired) electrons. The number of alkyl halides is 3. The van der Waals surface area contributed by atoms with Crippen molar-refractivity contribution in [2.75, 3.05) is 18.0 Å².